The average molecular weight is 326 g/mol. The fourth-order valence-corrected chi connectivity index (χ4v) is 2.40. The smallest absolute Gasteiger partial charge is 0.271 e. The Morgan fingerprint density at radius 2 is 1.91 bits per heavy atom. The van der Waals surface area contributed by atoms with Gasteiger partial charge in [0.15, 0.2) is 0 Å². The molecule has 0 aliphatic carbocycles. The number of unbranched alkanes of at least 4 members (excludes halogenated alkanes) is 1. The first-order valence-corrected chi connectivity index (χ1v) is 8.14. The number of ether oxygens (including phenoxy) is 3. The van der Waals surface area contributed by atoms with E-state index in [4.69, 9.17) is 14.2 Å². The summed E-state index contributed by atoms with van der Waals surface area (Å²) in [5.74, 6) is 0.179. The molecule has 0 aromatic heterocycles. The van der Waals surface area contributed by atoms with E-state index in [0.29, 0.717) is 32.7 Å². The Labute approximate surface area is 136 Å². The van der Waals surface area contributed by atoms with Crippen LogP contribution < -0.4 is 0 Å². The predicted octanol–water partition coefficient (Wildman–Crippen LogP) is 4.63. The second-order valence-corrected chi connectivity index (χ2v) is 5.65. The standard InChI is InChI=1S/C18H24F2O3/c1-2-3-11-21-18-22-12-16(13-23-18)15-9-7-14(8-10-15)5-4-6-17(19)20/h6-10,16,18H,2-5,11-13H2,1H3. The van der Waals surface area contributed by atoms with Crippen LogP contribution in [0.4, 0.5) is 8.78 Å². The summed E-state index contributed by atoms with van der Waals surface area (Å²) in [6.45, 7) is 3.32. The van der Waals surface area contributed by atoms with Crippen LogP contribution in [0.2, 0.25) is 0 Å². The summed E-state index contributed by atoms with van der Waals surface area (Å²) < 4.78 is 40.6. The van der Waals surface area contributed by atoms with E-state index in [9.17, 15) is 8.78 Å². The largest absolute Gasteiger partial charge is 0.330 e. The normalized spacial score (nSPS) is 21.2. The van der Waals surface area contributed by atoms with E-state index in [2.05, 4.69) is 6.92 Å². The lowest BCUT2D eigenvalue weighted by atomic mass is 9.98. The molecular formula is C18H24F2O3. The third-order valence-electron chi connectivity index (χ3n) is 3.80. The highest BCUT2D eigenvalue weighted by atomic mass is 19.3. The molecule has 1 aliphatic heterocycles. The van der Waals surface area contributed by atoms with Gasteiger partial charge in [-0.1, -0.05) is 37.6 Å². The Bertz CT molecular complexity index is 476. The molecule has 0 unspecified atom stereocenters. The average Bonchev–Trinajstić information content (AvgIpc) is 2.56. The summed E-state index contributed by atoms with van der Waals surface area (Å²) in [6, 6.07) is 7.98. The molecule has 0 saturated carbocycles. The monoisotopic (exact) mass is 326 g/mol. The number of halogens is 2. The zero-order valence-electron chi connectivity index (χ0n) is 13.5. The Kier molecular flexibility index (Phi) is 7.65. The van der Waals surface area contributed by atoms with Crippen molar-refractivity contribution in [3.8, 4) is 0 Å². The SMILES string of the molecule is CCCCOC1OCC(c2ccc(CCC=C(F)F)cc2)CO1. The van der Waals surface area contributed by atoms with Crippen LogP contribution in [-0.2, 0) is 20.6 Å². The van der Waals surface area contributed by atoms with Crippen LogP contribution in [-0.4, -0.2) is 26.3 Å². The highest BCUT2D eigenvalue weighted by molar-refractivity contribution is 5.26. The molecule has 1 aliphatic rings. The van der Waals surface area contributed by atoms with Gasteiger partial charge in [0, 0.05) is 5.92 Å². The minimum Gasteiger partial charge on any atom is -0.330 e. The summed E-state index contributed by atoms with van der Waals surface area (Å²) >= 11 is 0. The van der Waals surface area contributed by atoms with Gasteiger partial charge in [0.05, 0.1) is 19.8 Å². The lowest BCUT2D eigenvalue weighted by Crippen LogP contribution is -2.33. The maximum Gasteiger partial charge on any atom is 0.271 e. The zero-order valence-corrected chi connectivity index (χ0v) is 13.5. The quantitative estimate of drug-likeness (QED) is 0.652. The van der Waals surface area contributed by atoms with E-state index >= 15 is 0 Å². The first-order chi connectivity index (χ1) is 11.2. The summed E-state index contributed by atoms with van der Waals surface area (Å²) in [6.07, 6.45) is 2.38. The molecule has 1 saturated heterocycles. The minimum absolute atomic E-state index is 0.179. The zero-order chi connectivity index (χ0) is 16.5. The summed E-state index contributed by atoms with van der Waals surface area (Å²) in [5, 5.41) is 0. The molecule has 2 rings (SSSR count). The van der Waals surface area contributed by atoms with Crippen molar-refractivity contribution in [1.82, 2.24) is 0 Å². The summed E-state index contributed by atoms with van der Waals surface area (Å²) in [4.78, 5) is 0. The lowest BCUT2D eigenvalue weighted by molar-refractivity contribution is -0.314. The van der Waals surface area contributed by atoms with Crippen molar-refractivity contribution in [3.05, 3.63) is 47.5 Å². The molecule has 0 amide bonds. The Balaban J connectivity index is 1.76. The number of hydrogen-bond acceptors (Lipinski definition) is 3. The van der Waals surface area contributed by atoms with Crippen LogP contribution in [0.1, 0.15) is 43.2 Å². The molecule has 1 aromatic rings. The van der Waals surface area contributed by atoms with E-state index in [0.717, 1.165) is 30.0 Å². The molecule has 1 heterocycles. The number of rotatable bonds is 8. The van der Waals surface area contributed by atoms with Crippen LogP contribution in [0.5, 0.6) is 0 Å². The number of allylic oxidation sites excluding steroid dienone is 1. The number of benzene rings is 1. The molecule has 23 heavy (non-hydrogen) atoms. The first-order valence-electron chi connectivity index (χ1n) is 8.14. The van der Waals surface area contributed by atoms with Crippen LogP contribution in [0.3, 0.4) is 0 Å². The molecule has 1 fully saturated rings. The third kappa shape index (κ3) is 6.37. The van der Waals surface area contributed by atoms with Crippen molar-refractivity contribution in [3.63, 3.8) is 0 Å². The fourth-order valence-electron chi connectivity index (χ4n) is 2.40. The molecular weight excluding hydrogens is 302 g/mol. The second-order valence-electron chi connectivity index (χ2n) is 5.65. The molecule has 0 N–H and O–H groups in total. The summed E-state index contributed by atoms with van der Waals surface area (Å²) in [7, 11) is 0. The molecule has 0 atom stereocenters. The van der Waals surface area contributed by atoms with Gasteiger partial charge in [-0.15, -0.1) is 0 Å². The van der Waals surface area contributed by atoms with Gasteiger partial charge in [-0.2, -0.15) is 8.78 Å². The maximum absolute atomic E-state index is 12.0. The van der Waals surface area contributed by atoms with Crippen molar-refractivity contribution in [2.24, 2.45) is 0 Å². The van der Waals surface area contributed by atoms with Crippen LogP contribution in [0, 0.1) is 0 Å². The Morgan fingerprint density at radius 1 is 1.22 bits per heavy atom. The van der Waals surface area contributed by atoms with Crippen LogP contribution in [0.25, 0.3) is 0 Å². The van der Waals surface area contributed by atoms with Crippen molar-refractivity contribution >= 4 is 0 Å². The van der Waals surface area contributed by atoms with Crippen molar-refractivity contribution in [1.29, 1.82) is 0 Å². The fraction of sp³-hybridized carbons (Fsp3) is 0.556. The molecule has 0 radical (unpaired) electrons. The van der Waals surface area contributed by atoms with Gasteiger partial charge < -0.3 is 14.2 Å². The highest BCUT2D eigenvalue weighted by Crippen LogP contribution is 2.23. The lowest BCUT2D eigenvalue weighted by Gasteiger charge is -2.29. The molecule has 5 heteroatoms. The number of aryl methyl sites for hydroxylation is 1. The maximum atomic E-state index is 12.0. The van der Waals surface area contributed by atoms with Gasteiger partial charge in [-0.25, -0.2) is 0 Å². The highest BCUT2D eigenvalue weighted by Gasteiger charge is 2.23. The van der Waals surface area contributed by atoms with E-state index in [1.165, 1.54) is 0 Å². The van der Waals surface area contributed by atoms with Gasteiger partial charge in [-0.3, -0.25) is 0 Å². The van der Waals surface area contributed by atoms with Gasteiger partial charge in [0.25, 0.3) is 12.6 Å². The molecule has 1 aromatic carbocycles. The van der Waals surface area contributed by atoms with E-state index in [1.54, 1.807) is 0 Å². The Morgan fingerprint density at radius 3 is 2.52 bits per heavy atom. The van der Waals surface area contributed by atoms with Gasteiger partial charge in [-0.05, 0) is 36.5 Å². The molecule has 3 nitrogen and oxygen atoms in total. The van der Waals surface area contributed by atoms with Gasteiger partial charge in [0.2, 0.25) is 0 Å². The van der Waals surface area contributed by atoms with Crippen molar-refractivity contribution < 1.29 is 23.0 Å². The minimum atomic E-state index is -1.62. The van der Waals surface area contributed by atoms with Crippen molar-refractivity contribution in [2.45, 2.75) is 45.0 Å². The third-order valence-corrected chi connectivity index (χ3v) is 3.80. The van der Waals surface area contributed by atoms with Crippen LogP contribution >= 0.6 is 0 Å². The molecule has 0 spiro atoms. The predicted molar refractivity (Wildman–Crippen MR) is 84.4 cm³/mol. The molecule has 0 bridgehead atoms. The first kappa shape index (κ1) is 18.0. The Hall–Kier alpha value is -1.30. The summed E-state index contributed by atoms with van der Waals surface area (Å²) in [5.41, 5.74) is 2.18. The van der Waals surface area contributed by atoms with Gasteiger partial charge in [0.1, 0.15) is 0 Å². The number of hydrogen-bond donors (Lipinski definition) is 0. The second kappa shape index (κ2) is 9.75. The van der Waals surface area contributed by atoms with E-state index < -0.39 is 12.6 Å². The van der Waals surface area contributed by atoms with Crippen LogP contribution in [0.15, 0.2) is 36.4 Å². The van der Waals surface area contributed by atoms with E-state index in [-0.39, 0.29) is 5.92 Å². The topological polar surface area (TPSA) is 27.7 Å². The van der Waals surface area contributed by atoms with Gasteiger partial charge >= 0.3 is 0 Å². The van der Waals surface area contributed by atoms with Crippen molar-refractivity contribution in [2.75, 3.05) is 19.8 Å². The van der Waals surface area contributed by atoms with E-state index in [1.807, 2.05) is 24.3 Å². The molecule has 128 valence electrons.